The number of hydrogen-bond donors (Lipinski definition) is 2. The largest absolute Gasteiger partial charge is 0.313 e. The highest BCUT2D eigenvalue weighted by atomic mass is 15.0. The number of piperazine rings is 1. The smallest absolute Gasteiger partial charge is 0.0813 e. The van der Waals surface area contributed by atoms with E-state index in [2.05, 4.69) is 16.6 Å². The van der Waals surface area contributed by atoms with Gasteiger partial charge in [-0.3, -0.25) is 0 Å². The van der Waals surface area contributed by atoms with E-state index in [0.29, 0.717) is 0 Å². The first-order valence-corrected chi connectivity index (χ1v) is 2.83. The summed E-state index contributed by atoms with van der Waals surface area (Å²) in [6, 6.07) is 0.253. The van der Waals surface area contributed by atoms with Crippen molar-refractivity contribution >= 4 is 0 Å². The average Bonchev–Trinajstić information content (AvgIpc) is 1.90. The van der Waals surface area contributed by atoms with E-state index in [1.54, 1.807) is 0 Å². The Morgan fingerprint density at radius 1 is 1.50 bits per heavy atom. The van der Waals surface area contributed by atoms with Gasteiger partial charge >= 0.3 is 0 Å². The van der Waals surface area contributed by atoms with Gasteiger partial charge in [0.2, 0.25) is 0 Å². The first-order chi connectivity index (χ1) is 3.93. The summed E-state index contributed by atoms with van der Waals surface area (Å²) in [7, 11) is 0. The van der Waals surface area contributed by atoms with Gasteiger partial charge in [-0.05, 0) is 0 Å². The zero-order chi connectivity index (χ0) is 5.82. The highest BCUT2D eigenvalue weighted by Gasteiger charge is 2.06. The van der Waals surface area contributed by atoms with Crippen molar-refractivity contribution in [3.8, 4) is 12.3 Å². The zero-order valence-corrected chi connectivity index (χ0v) is 4.78. The van der Waals surface area contributed by atoms with Gasteiger partial charge in [-0.2, -0.15) is 0 Å². The highest BCUT2D eigenvalue weighted by molar-refractivity contribution is 5.01. The van der Waals surface area contributed by atoms with E-state index in [1.165, 1.54) is 0 Å². The van der Waals surface area contributed by atoms with Crippen LogP contribution in [0.25, 0.3) is 0 Å². The molecular weight excluding hydrogens is 100 g/mol. The summed E-state index contributed by atoms with van der Waals surface area (Å²) in [5.41, 5.74) is 0. The molecule has 0 saturated carbocycles. The molecule has 0 amide bonds. The lowest BCUT2D eigenvalue weighted by molar-refractivity contribution is 0.480. The molecule has 1 atom stereocenters. The Morgan fingerprint density at radius 2 is 2.38 bits per heavy atom. The first kappa shape index (κ1) is 5.61. The van der Waals surface area contributed by atoms with Crippen LogP contribution in [0.2, 0.25) is 0 Å². The van der Waals surface area contributed by atoms with E-state index < -0.39 is 0 Å². The number of nitrogens with one attached hydrogen (secondary N) is 2. The molecule has 1 saturated heterocycles. The second-order valence-corrected chi connectivity index (χ2v) is 1.88. The van der Waals surface area contributed by atoms with Crippen LogP contribution >= 0.6 is 0 Å². The summed E-state index contributed by atoms with van der Waals surface area (Å²) < 4.78 is 0. The van der Waals surface area contributed by atoms with Crippen molar-refractivity contribution in [1.82, 2.24) is 10.6 Å². The van der Waals surface area contributed by atoms with Crippen LogP contribution in [0.3, 0.4) is 0 Å². The van der Waals surface area contributed by atoms with Crippen molar-refractivity contribution in [3.05, 3.63) is 0 Å². The third-order valence-electron chi connectivity index (χ3n) is 1.24. The van der Waals surface area contributed by atoms with Gasteiger partial charge in [0.05, 0.1) is 6.04 Å². The molecule has 1 rings (SSSR count). The molecule has 0 aromatic heterocycles. The molecule has 0 spiro atoms. The zero-order valence-electron chi connectivity index (χ0n) is 4.78. The molecule has 2 N–H and O–H groups in total. The SMILES string of the molecule is C#C[C@H]1CNCCN1. The van der Waals surface area contributed by atoms with Crippen molar-refractivity contribution in [3.63, 3.8) is 0 Å². The topological polar surface area (TPSA) is 24.1 Å². The van der Waals surface area contributed by atoms with Gasteiger partial charge < -0.3 is 10.6 Å². The summed E-state index contributed by atoms with van der Waals surface area (Å²) in [5, 5.41) is 6.35. The molecule has 1 aliphatic rings. The minimum absolute atomic E-state index is 0.253. The molecule has 8 heavy (non-hydrogen) atoms. The van der Waals surface area contributed by atoms with Gasteiger partial charge in [0.1, 0.15) is 0 Å². The molecule has 1 aliphatic heterocycles. The Morgan fingerprint density at radius 3 is 2.75 bits per heavy atom. The quantitative estimate of drug-likeness (QED) is 0.398. The maximum absolute atomic E-state index is 5.15. The lowest BCUT2D eigenvalue weighted by atomic mass is 10.2. The van der Waals surface area contributed by atoms with Crippen LogP contribution in [-0.4, -0.2) is 25.7 Å². The van der Waals surface area contributed by atoms with Crippen LogP contribution in [0.15, 0.2) is 0 Å². The molecular formula is C6H10N2. The summed E-state index contributed by atoms with van der Waals surface area (Å²) in [6.07, 6.45) is 5.15. The molecule has 0 aromatic carbocycles. The van der Waals surface area contributed by atoms with Crippen molar-refractivity contribution in [2.75, 3.05) is 19.6 Å². The predicted octanol–water partition coefficient (Wildman–Crippen LogP) is -0.819. The van der Waals surface area contributed by atoms with E-state index in [0.717, 1.165) is 19.6 Å². The van der Waals surface area contributed by atoms with Gasteiger partial charge in [0, 0.05) is 19.6 Å². The van der Waals surface area contributed by atoms with Crippen LogP contribution < -0.4 is 10.6 Å². The maximum Gasteiger partial charge on any atom is 0.0813 e. The lowest BCUT2D eigenvalue weighted by Gasteiger charge is -2.19. The third-order valence-corrected chi connectivity index (χ3v) is 1.24. The fourth-order valence-corrected chi connectivity index (χ4v) is 0.771. The van der Waals surface area contributed by atoms with Crippen LogP contribution in [-0.2, 0) is 0 Å². The molecule has 1 fully saturated rings. The van der Waals surface area contributed by atoms with Gasteiger partial charge in [-0.25, -0.2) is 0 Å². The third kappa shape index (κ3) is 1.22. The Hall–Kier alpha value is -0.520. The summed E-state index contributed by atoms with van der Waals surface area (Å²) in [4.78, 5) is 0. The van der Waals surface area contributed by atoms with E-state index in [1.807, 2.05) is 0 Å². The first-order valence-electron chi connectivity index (χ1n) is 2.83. The molecule has 0 aromatic rings. The summed E-state index contributed by atoms with van der Waals surface area (Å²) >= 11 is 0. The Labute approximate surface area is 49.7 Å². The van der Waals surface area contributed by atoms with Crippen LogP contribution in [0.4, 0.5) is 0 Å². The van der Waals surface area contributed by atoms with Crippen molar-refractivity contribution in [2.45, 2.75) is 6.04 Å². The minimum atomic E-state index is 0.253. The summed E-state index contributed by atoms with van der Waals surface area (Å²) in [6.45, 7) is 2.95. The molecule has 2 nitrogen and oxygen atoms in total. The molecule has 0 aliphatic carbocycles. The average molecular weight is 110 g/mol. The summed E-state index contributed by atoms with van der Waals surface area (Å²) in [5.74, 6) is 2.63. The Bertz CT molecular complexity index is 97.6. The molecule has 0 radical (unpaired) electrons. The number of rotatable bonds is 0. The van der Waals surface area contributed by atoms with Gasteiger partial charge in [0.25, 0.3) is 0 Å². The fraction of sp³-hybridized carbons (Fsp3) is 0.667. The predicted molar refractivity (Wildman–Crippen MR) is 33.5 cm³/mol. The van der Waals surface area contributed by atoms with Crippen molar-refractivity contribution in [2.24, 2.45) is 0 Å². The minimum Gasteiger partial charge on any atom is -0.313 e. The fourth-order valence-electron chi connectivity index (χ4n) is 0.771. The number of terminal acetylenes is 1. The molecule has 2 heteroatoms. The monoisotopic (exact) mass is 110 g/mol. The molecule has 0 unspecified atom stereocenters. The van der Waals surface area contributed by atoms with E-state index >= 15 is 0 Å². The van der Waals surface area contributed by atoms with Gasteiger partial charge in [-0.1, -0.05) is 5.92 Å². The second kappa shape index (κ2) is 2.71. The Balaban J connectivity index is 2.25. The van der Waals surface area contributed by atoms with Crippen LogP contribution in [0, 0.1) is 12.3 Å². The van der Waals surface area contributed by atoms with Crippen molar-refractivity contribution < 1.29 is 0 Å². The molecule has 1 heterocycles. The van der Waals surface area contributed by atoms with Crippen LogP contribution in [0.1, 0.15) is 0 Å². The van der Waals surface area contributed by atoms with Gasteiger partial charge in [-0.15, -0.1) is 6.42 Å². The van der Waals surface area contributed by atoms with E-state index in [9.17, 15) is 0 Å². The maximum atomic E-state index is 5.15. The number of hydrogen-bond acceptors (Lipinski definition) is 2. The van der Waals surface area contributed by atoms with Crippen LogP contribution in [0.5, 0.6) is 0 Å². The van der Waals surface area contributed by atoms with E-state index in [-0.39, 0.29) is 6.04 Å². The standard InChI is InChI=1S/C6H10N2/c1-2-6-5-7-3-4-8-6/h1,6-8H,3-5H2/t6-/m0/s1. The molecule has 44 valence electrons. The highest BCUT2D eigenvalue weighted by Crippen LogP contribution is 1.81. The lowest BCUT2D eigenvalue weighted by Crippen LogP contribution is -2.47. The van der Waals surface area contributed by atoms with E-state index in [4.69, 9.17) is 6.42 Å². The molecule has 0 bridgehead atoms. The second-order valence-electron chi connectivity index (χ2n) is 1.88. The van der Waals surface area contributed by atoms with Crippen molar-refractivity contribution in [1.29, 1.82) is 0 Å². The normalized spacial score (nSPS) is 29.1. The Kier molecular flexibility index (Phi) is 1.90. The van der Waals surface area contributed by atoms with Gasteiger partial charge in [0.15, 0.2) is 0 Å².